The standard InChI is InChI=1S/C26H29N3O2S/c1-18(2)19-7-9-23(10-8-19)28-26(31)25(30)27-15-24(22-12-14-32-17-22)29-13-11-20-5-3-4-6-21(20)16-29/h3-10,12,14,17-18,24H,11,13,15-16H2,1-2H3,(H,27,30)(H,28,31)/t24-/m0/s1. The highest BCUT2D eigenvalue weighted by molar-refractivity contribution is 7.08. The maximum absolute atomic E-state index is 12.5. The third kappa shape index (κ3) is 5.26. The van der Waals surface area contributed by atoms with Crippen LogP contribution in [0.1, 0.15) is 48.1 Å². The quantitative estimate of drug-likeness (QED) is 0.537. The van der Waals surface area contributed by atoms with Gasteiger partial charge >= 0.3 is 11.8 Å². The van der Waals surface area contributed by atoms with Gasteiger partial charge in [0.15, 0.2) is 0 Å². The van der Waals surface area contributed by atoms with Gasteiger partial charge in [-0.15, -0.1) is 0 Å². The van der Waals surface area contributed by atoms with Gasteiger partial charge in [-0.1, -0.05) is 50.2 Å². The first kappa shape index (κ1) is 22.2. The Hall–Kier alpha value is -2.96. The number of hydrogen-bond donors (Lipinski definition) is 2. The molecular weight excluding hydrogens is 418 g/mol. The van der Waals surface area contributed by atoms with Gasteiger partial charge in [-0.3, -0.25) is 14.5 Å². The van der Waals surface area contributed by atoms with Gasteiger partial charge in [0.25, 0.3) is 0 Å². The van der Waals surface area contributed by atoms with E-state index in [1.807, 2.05) is 24.3 Å². The lowest BCUT2D eigenvalue weighted by Gasteiger charge is -2.35. The van der Waals surface area contributed by atoms with E-state index in [-0.39, 0.29) is 6.04 Å². The number of hydrogen-bond acceptors (Lipinski definition) is 4. The summed E-state index contributed by atoms with van der Waals surface area (Å²) in [4.78, 5) is 27.4. The Morgan fingerprint density at radius 3 is 2.41 bits per heavy atom. The third-order valence-electron chi connectivity index (χ3n) is 6.03. The lowest BCUT2D eigenvalue weighted by atomic mass is 9.97. The van der Waals surface area contributed by atoms with E-state index in [0.717, 1.165) is 19.5 Å². The summed E-state index contributed by atoms with van der Waals surface area (Å²) in [5.41, 5.74) is 5.69. The van der Waals surface area contributed by atoms with Crippen molar-refractivity contribution in [3.05, 3.63) is 87.6 Å². The SMILES string of the molecule is CC(C)c1ccc(NC(=O)C(=O)NC[C@@H](c2ccsc2)N2CCc3ccccc3C2)cc1. The normalized spacial score (nSPS) is 14.6. The van der Waals surface area contributed by atoms with Crippen molar-refractivity contribution in [2.75, 3.05) is 18.4 Å². The summed E-state index contributed by atoms with van der Waals surface area (Å²) < 4.78 is 0. The molecule has 166 valence electrons. The molecule has 0 saturated heterocycles. The lowest BCUT2D eigenvalue weighted by Crippen LogP contribution is -2.43. The van der Waals surface area contributed by atoms with Crippen molar-refractivity contribution in [2.45, 2.75) is 38.8 Å². The number of carbonyl (C=O) groups is 2. The molecule has 0 saturated carbocycles. The number of thiophene rings is 1. The number of rotatable bonds is 6. The van der Waals surface area contributed by atoms with Crippen LogP contribution in [0, 0.1) is 0 Å². The van der Waals surface area contributed by atoms with Crippen LogP contribution in [0.5, 0.6) is 0 Å². The summed E-state index contributed by atoms with van der Waals surface area (Å²) in [5.74, 6) is -0.843. The largest absolute Gasteiger partial charge is 0.346 e. The molecule has 0 fully saturated rings. The Balaban J connectivity index is 1.39. The van der Waals surface area contributed by atoms with Gasteiger partial charge in [0.2, 0.25) is 0 Å². The van der Waals surface area contributed by atoms with E-state index in [9.17, 15) is 9.59 Å². The maximum Gasteiger partial charge on any atom is 0.313 e. The second kappa shape index (κ2) is 10.1. The fourth-order valence-corrected chi connectivity index (χ4v) is 4.82. The maximum atomic E-state index is 12.5. The smallest absolute Gasteiger partial charge is 0.313 e. The van der Waals surface area contributed by atoms with E-state index in [1.54, 1.807) is 11.3 Å². The second-order valence-corrected chi connectivity index (χ2v) is 9.28. The minimum Gasteiger partial charge on any atom is -0.346 e. The van der Waals surface area contributed by atoms with Crippen LogP contribution in [-0.4, -0.2) is 29.8 Å². The zero-order valence-corrected chi connectivity index (χ0v) is 19.3. The molecule has 1 aliphatic heterocycles. The molecule has 4 rings (SSSR count). The molecule has 0 aliphatic carbocycles. The minimum atomic E-state index is -0.643. The highest BCUT2D eigenvalue weighted by Crippen LogP contribution is 2.28. The number of carbonyl (C=O) groups excluding carboxylic acids is 2. The Morgan fingerprint density at radius 1 is 0.969 bits per heavy atom. The number of fused-ring (bicyclic) bond motifs is 1. The first-order chi connectivity index (χ1) is 15.5. The number of nitrogens with one attached hydrogen (secondary N) is 2. The van der Waals surface area contributed by atoms with Gasteiger partial charge in [0, 0.05) is 25.3 Å². The fraction of sp³-hybridized carbons (Fsp3) is 0.308. The van der Waals surface area contributed by atoms with E-state index in [0.29, 0.717) is 18.2 Å². The van der Waals surface area contributed by atoms with Gasteiger partial charge in [-0.05, 0) is 63.6 Å². The fourth-order valence-electron chi connectivity index (χ4n) is 4.11. The molecule has 1 aromatic heterocycles. The van der Waals surface area contributed by atoms with E-state index < -0.39 is 11.8 Å². The molecule has 0 radical (unpaired) electrons. The molecular formula is C26H29N3O2S. The average Bonchev–Trinajstić information content (AvgIpc) is 3.34. The zero-order chi connectivity index (χ0) is 22.5. The van der Waals surface area contributed by atoms with Crippen LogP contribution in [-0.2, 0) is 22.6 Å². The van der Waals surface area contributed by atoms with Crippen molar-refractivity contribution in [3.63, 3.8) is 0 Å². The predicted molar refractivity (Wildman–Crippen MR) is 130 cm³/mol. The van der Waals surface area contributed by atoms with Crippen molar-refractivity contribution < 1.29 is 9.59 Å². The number of amides is 2. The number of benzene rings is 2. The summed E-state index contributed by atoms with van der Waals surface area (Å²) in [7, 11) is 0. The van der Waals surface area contributed by atoms with Crippen LogP contribution in [0.4, 0.5) is 5.69 Å². The molecule has 6 heteroatoms. The molecule has 2 amide bonds. The van der Waals surface area contributed by atoms with E-state index in [1.165, 1.54) is 22.3 Å². The van der Waals surface area contributed by atoms with E-state index >= 15 is 0 Å². The van der Waals surface area contributed by atoms with E-state index in [4.69, 9.17) is 0 Å². The molecule has 5 nitrogen and oxygen atoms in total. The third-order valence-corrected chi connectivity index (χ3v) is 6.73. The number of nitrogens with zero attached hydrogens (tertiary/aromatic N) is 1. The molecule has 0 bridgehead atoms. The van der Waals surface area contributed by atoms with Crippen LogP contribution >= 0.6 is 11.3 Å². The first-order valence-corrected chi connectivity index (χ1v) is 12.0. The monoisotopic (exact) mass is 447 g/mol. The van der Waals surface area contributed by atoms with Gasteiger partial charge in [0.1, 0.15) is 0 Å². The highest BCUT2D eigenvalue weighted by atomic mass is 32.1. The van der Waals surface area contributed by atoms with Gasteiger partial charge in [-0.2, -0.15) is 11.3 Å². The molecule has 2 aromatic carbocycles. The summed E-state index contributed by atoms with van der Waals surface area (Å²) in [5, 5.41) is 9.72. The summed E-state index contributed by atoms with van der Waals surface area (Å²) in [6.07, 6.45) is 0.984. The van der Waals surface area contributed by atoms with Crippen molar-refractivity contribution in [2.24, 2.45) is 0 Å². The lowest BCUT2D eigenvalue weighted by molar-refractivity contribution is -0.136. The van der Waals surface area contributed by atoms with Crippen molar-refractivity contribution >= 4 is 28.8 Å². The topological polar surface area (TPSA) is 61.4 Å². The Kier molecular flexibility index (Phi) is 7.02. The molecule has 2 N–H and O–H groups in total. The van der Waals surface area contributed by atoms with Crippen LogP contribution in [0.15, 0.2) is 65.4 Å². The van der Waals surface area contributed by atoms with Crippen LogP contribution < -0.4 is 10.6 Å². The Labute approximate surface area is 193 Å². The van der Waals surface area contributed by atoms with E-state index in [2.05, 4.69) is 70.5 Å². The van der Waals surface area contributed by atoms with Gasteiger partial charge < -0.3 is 10.6 Å². The highest BCUT2D eigenvalue weighted by Gasteiger charge is 2.26. The molecule has 1 atom stereocenters. The molecule has 0 unspecified atom stereocenters. The summed E-state index contributed by atoms with van der Waals surface area (Å²) in [6.45, 7) is 6.37. The van der Waals surface area contributed by atoms with Crippen LogP contribution in [0.3, 0.4) is 0 Å². The summed E-state index contributed by atoms with van der Waals surface area (Å²) >= 11 is 1.64. The first-order valence-electron chi connectivity index (χ1n) is 11.0. The second-order valence-electron chi connectivity index (χ2n) is 8.50. The van der Waals surface area contributed by atoms with Crippen molar-refractivity contribution in [1.82, 2.24) is 10.2 Å². The number of anilines is 1. The Morgan fingerprint density at radius 2 is 1.72 bits per heavy atom. The molecule has 32 heavy (non-hydrogen) atoms. The van der Waals surface area contributed by atoms with Gasteiger partial charge in [-0.25, -0.2) is 0 Å². The minimum absolute atomic E-state index is 0.0247. The molecule has 2 heterocycles. The molecule has 3 aromatic rings. The Bertz CT molecular complexity index is 1060. The summed E-state index contributed by atoms with van der Waals surface area (Å²) in [6, 6.07) is 18.2. The zero-order valence-electron chi connectivity index (χ0n) is 18.5. The average molecular weight is 448 g/mol. The van der Waals surface area contributed by atoms with Gasteiger partial charge in [0.05, 0.1) is 6.04 Å². The molecule has 0 spiro atoms. The van der Waals surface area contributed by atoms with Crippen molar-refractivity contribution in [1.29, 1.82) is 0 Å². The molecule has 1 aliphatic rings. The van der Waals surface area contributed by atoms with Crippen LogP contribution in [0.25, 0.3) is 0 Å². The predicted octanol–water partition coefficient (Wildman–Crippen LogP) is 4.73. The van der Waals surface area contributed by atoms with Crippen molar-refractivity contribution in [3.8, 4) is 0 Å². The van der Waals surface area contributed by atoms with Crippen LogP contribution in [0.2, 0.25) is 0 Å².